The van der Waals surface area contributed by atoms with Gasteiger partial charge >= 0.3 is 0 Å². The average Bonchev–Trinajstić information content (AvgIpc) is 3.10. The molecule has 1 aliphatic heterocycles. The number of carbonyl (C=O) groups is 1. The van der Waals surface area contributed by atoms with E-state index in [9.17, 15) is 9.35 Å². The molecule has 3 unspecified atom stereocenters. The van der Waals surface area contributed by atoms with Gasteiger partial charge in [0.05, 0.1) is 10.9 Å². The fraction of sp³-hybridized carbons (Fsp3) is 0.417. The highest BCUT2D eigenvalue weighted by atomic mass is 32.2. The van der Waals surface area contributed by atoms with Gasteiger partial charge in [0.25, 0.3) is 0 Å². The molecule has 0 radical (unpaired) electrons. The molecular formula is C12H15N5O2S2. The van der Waals surface area contributed by atoms with Gasteiger partial charge in [0, 0.05) is 19.0 Å². The molecule has 0 saturated carbocycles. The van der Waals surface area contributed by atoms with E-state index >= 15 is 0 Å². The summed E-state index contributed by atoms with van der Waals surface area (Å²) in [6.45, 7) is 0. The minimum absolute atomic E-state index is 0.0933. The third-order valence-electron chi connectivity index (χ3n) is 3.51. The van der Waals surface area contributed by atoms with Crippen molar-refractivity contribution in [3.63, 3.8) is 0 Å². The predicted octanol–water partition coefficient (Wildman–Crippen LogP) is 0.656. The van der Waals surface area contributed by atoms with E-state index in [2.05, 4.69) is 14.8 Å². The van der Waals surface area contributed by atoms with Gasteiger partial charge in [0.1, 0.15) is 30.2 Å². The Bertz CT molecular complexity index is 643. The summed E-state index contributed by atoms with van der Waals surface area (Å²) < 4.78 is 18.3. The molecule has 3 heterocycles. The quantitative estimate of drug-likeness (QED) is 0.659. The molecule has 1 saturated heterocycles. The van der Waals surface area contributed by atoms with Crippen molar-refractivity contribution in [1.82, 2.24) is 23.8 Å². The number of aryl methyl sites for hydroxylation is 1. The second kappa shape index (κ2) is 5.85. The lowest BCUT2D eigenvalue weighted by Gasteiger charge is -2.33. The van der Waals surface area contributed by atoms with Crippen molar-refractivity contribution in [2.24, 2.45) is 7.05 Å². The number of thiophene rings is 1. The molecule has 0 spiro atoms. The SMILES string of the molecule is CN1C(C=O)CC(c2ccc(-c3ncnn3C)s2)N[S+]1[O-]. The van der Waals surface area contributed by atoms with Crippen molar-refractivity contribution in [2.75, 3.05) is 7.05 Å². The Morgan fingerprint density at radius 2 is 2.33 bits per heavy atom. The van der Waals surface area contributed by atoms with E-state index in [1.165, 1.54) is 6.33 Å². The number of carbonyl (C=O) groups excluding carboxylic acids is 1. The summed E-state index contributed by atoms with van der Waals surface area (Å²) in [5.41, 5.74) is 0. The molecule has 3 rings (SSSR count). The summed E-state index contributed by atoms with van der Waals surface area (Å²) in [5, 5.41) is 4.06. The van der Waals surface area contributed by atoms with Crippen LogP contribution in [0, 0.1) is 0 Å². The summed E-state index contributed by atoms with van der Waals surface area (Å²) in [6.07, 6.45) is 2.97. The van der Waals surface area contributed by atoms with Crippen molar-refractivity contribution < 1.29 is 9.35 Å². The summed E-state index contributed by atoms with van der Waals surface area (Å²) in [4.78, 5) is 17.4. The van der Waals surface area contributed by atoms with Crippen molar-refractivity contribution in [1.29, 1.82) is 0 Å². The number of nitrogens with zero attached hydrogens (tertiary/aromatic N) is 4. The van der Waals surface area contributed by atoms with Crippen LogP contribution in [0.1, 0.15) is 17.3 Å². The van der Waals surface area contributed by atoms with Crippen LogP contribution in [0.15, 0.2) is 18.5 Å². The topological polar surface area (TPSA) is 86.1 Å². The first kappa shape index (κ1) is 14.7. The van der Waals surface area contributed by atoms with Crippen molar-refractivity contribution in [3.8, 4) is 10.7 Å². The van der Waals surface area contributed by atoms with E-state index in [1.807, 2.05) is 19.2 Å². The number of likely N-dealkylation sites (N-methyl/N-ethyl adjacent to an activating group) is 1. The summed E-state index contributed by atoms with van der Waals surface area (Å²) >= 11 is 0.221. The zero-order valence-corrected chi connectivity index (χ0v) is 13.2. The summed E-state index contributed by atoms with van der Waals surface area (Å²) in [6, 6.07) is 3.53. The Balaban J connectivity index is 1.83. The molecule has 1 fully saturated rings. The molecule has 21 heavy (non-hydrogen) atoms. The first-order chi connectivity index (χ1) is 10.1. The molecule has 0 aromatic carbocycles. The van der Waals surface area contributed by atoms with Crippen LogP contribution in [-0.4, -0.2) is 43.0 Å². The Hall–Kier alpha value is -1.26. The number of aromatic nitrogens is 3. The van der Waals surface area contributed by atoms with Gasteiger partial charge in [-0.25, -0.2) is 9.67 Å². The molecular weight excluding hydrogens is 310 g/mol. The van der Waals surface area contributed by atoms with Gasteiger partial charge in [0.2, 0.25) is 0 Å². The van der Waals surface area contributed by atoms with Gasteiger partial charge in [-0.05, 0) is 18.6 Å². The normalized spacial score (nSPS) is 26.9. The fourth-order valence-electron chi connectivity index (χ4n) is 2.26. The monoisotopic (exact) mass is 325 g/mol. The number of hydrogen-bond acceptors (Lipinski definition) is 7. The number of nitrogens with one attached hydrogen (secondary N) is 1. The van der Waals surface area contributed by atoms with Crippen LogP contribution in [-0.2, 0) is 23.4 Å². The predicted molar refractivity (Wildman–Crippen MR) is 80.6 cm³/mol. The Kier molecular flexibility index (Phi) is 4.09. The molecule has 1 N–H and O–H groups in total. The second-order valence-corrected chi connectivity index (χ2v) is 7.24. The third-order valence-corrected chi connectivity index (χ3v) is 5.98. The van der Waals surface area contributed by atoms with E-state index in [1.54, 1.807) is 27.4 Å². The van der Waals surface area contributed by atoms with Gasteiger partial charge < -0.3 is 9.35 Å². The van der Waals surface area contributed by atoms with Gasteiger partial charge in [-0.1, -0.05) is 0 Å². The van der Waals surface area contributed by atoms with Crippen molar-refractivity contribution >= 4 is 29.2 Å². The largest absolute Gasteiger partial charge is 0.579 e. The molecule has 0 aliphatic carbocycles. The van der Waals surface area contributed by atoms with Gasteiger partial charge in [-0.2, -0.15) is 5.10 Å². The van der Waals surface area contributed by atoms with Crippen molar-refractivity contribution in [3.05, 3.63) is 23.3 Å². The Morgan fingerprint density at radius 1 is 1.52 bits per heavy atom. The van der Waals surface area contributed by atoms with Crippen LogP contribution in [0.5, 0.6) is 0 Å². The third kappa shape index (κ3) is 2.74. The number of hydrogen-bond donors (Lipinski definition) is 1. The Labute approximate surface area is 129 Å². The molecule has 7 nitrogen and oxygen atoms in total. The van der Waals surface area contributed by atoms with Crippen LogP contribution in [0.2, 0.25) is 0 Å². The minimum Gasteiger partial charge on any atom is -0.579 e. The molecule has 2 aromatic rings. The lowest BCUT2D eigenvalue weighted by Crippen LogP contribution is -2.52. The van der Waals surface area contributed by atoms with Crippen LogP contribution < -0.4 is 4.72 Å². The number of aldehydes is 1. The van der Waals surface area contributed by atoms with E-state index in [0.29, 0.717) is 6.42 Å². The van der Waals surface area contributed by atoms with Gasteiger partial charge in [-0.15, -0.1) is 20.4 Å². The molecule has 9 heteroatoms. The first-order valence-electron chi connectivity index (χ1n) is 6.40. The highest BCUT2D eigenvalue weighted by molar-refractivity contribution is 7.87. The van der Waals surface area contributed by atoms with E-state index in [0.717, 1.165) is 21.9 Å². The maximum absolute atomic E-state index is 12.0. The first-order valence-corrected chi connectivity index (χ1v) is 8.32. The van der Waals surface area contributed by atoms with Crippen LogP contribution in [0.4, 0.5) is 0 Å². The molecule has 1 aliphatic rings. The second-order valence-electron chi connectivity index (χ2n) is 4.81. The lowest BCUT2D eigenvalue weighted by molar-refractivity contribution is -0.111. The van der Waals surface area contributed by atoms with Crippen LogP contribution in [0.3, 0.4) is 0 Å². The molecule has 3 atom stereocenters. The highest BCUT2D eigenvalue weighted by Gasteiger charge is 2.37. The summed E-state index contributed by atoms with van der Waals surface area (Å²) in [5.74, 6) is 0.798. The zero-order chi connectivity index (χ0) is 15.0. The molecule has 0 amide bonds. The Morgan fingerprint density at radius 3 is 3.00 bits per heavy atom. The van der Waals surface area contributed by atoms with E-state index < -0.39 is 11.5 Å². The average molecular weight is 325 g/mol. The van der Waals surface area contributed by atoms with Crippen LogP contribution in [0.25, 0.3) is 10.7 Å². The van der Waals surface area contributed by atoms with Crippen molar-refractivity contribution in [2.45, 2.75) is 18.5 Å². The molecule has 2 aromatic heterocycles. The minimum atomic E-state index is -1.35. The smallest absolute Gasteiger partial charge is 0.167 e. The van der Waals surface area contributed by atoms with E-state index in [4.69, 9.17) is 0 Å². The highest BCUT2D eigenvalue weighted by Crippen LogP contribution is 2.34. The maximum atomic E-state index is 12.0. The molecule has 0 bridgehead atoms. The molecule has 112 valence electrons. The standard InChI is InChI=1S/C12H15N5O2S2/c1-16-12(13-7-14-16)11-4-3-10(20-11)9-5-8(6-18)17(2)21(19)15-9/h3-4,6-9,15H,5H2,1-2H3. The van der Waals surface area contributed by atoms with E-state index in [-0.39, 0.29) is 12.1 Å². The van der Waals surface area contributed by atoms with Crippen LogP contribution >= 0.6 is 11.3 Å². The van der Waals surface area contributed by atoms with Gasteiger partial charge in [-0.3, -0.25) is 0 Å². The summed E-state index contributed by atoms with van der Waals surface area (Å²) in [7, 11) is 3.52. The number of rotatable bonds is 3. The maximum Gasteiger partial charge on any atom is 0.167 e. The lowest BCUT2D eigenvalue weighted by atomic mass is 10.1. The zero-order valence-electron chi connectivity index (χ0n) is 11.6. The fourth-order valence-corrected chi connectivity index (χ4v) is 4.45. The van der Waals surface area contributed by atoms with Gasteiger partial charge in [0.15, 0.2) is 5.82 Å².